The van der Waals surface area contributed by atoms with Crippen LogP contribution < -0.4 is 0 Å². The summed E-state index contributed by atoms with van der Waals surface area (Å²) in [6, 6.07) is 26.9. The molecule has 4 aromatic rings. The highest BCUT2D eigenvalue weighted by atomic mass is 15.2. The molecule has 4 rings (SSSR count). The van der Waals surface area contributed by atoms with Gasteiger partial charge in [-0.2, -0.15) is 10.2 Å². The molecule has 0 saturated carbocycles. The number of para-hydroxylation sites is 1. The van der Waals surface area contributed by atoms with E-state index >= 15 is 0 Å². The predicted octanol–water partition coefficient (Wildman–Crippen LogP) is 5.68. The van der Waals surface area contributed by atoms with Crippen molar-refractivity contribution in [3.63, 3.8) is 0 Å². The number of nitrogens with zero attached hydrogens (tertiary/aromatic N) is 2. The number of benzene rings is 3. The molecule has 0 atom stereocenters. The van der Waals surface area contributed by atoms with Gasteiger partial charge in [0.1, 0.15) is 0 Å². The van der Waals surface area contributed by atoms with Crippen LogP contribution in [0.25, 0.3) is 22.0 Å². The zero-order chi connectivity index (χ0) is 17.8. The Balaban J connectivity index is 1.52. The van der Waals surface area contributed by atoms with Crippen LogP contribution in [0.2, 0.25) is 0 Å². The van der Waals surface area contributed by atoms with Gasteiger partial charge in [-0.1, -0.05) is 72.8 Å². The Bertz CT molecular complexity index is 1070. The summed E-state index contributed by atoms with van der Waals surface area (Å²) in [5.74, 6) is 0. The van der Waals surface area contributed by atoms with Crippen molar-refractivity contribution in [2.75, 3.05) is 0 Å². The van der Waals surface area contributed by atoms with Crippen LogP contribution in [0.4, 0.5) is 0 Å². The average Bonchev–Trinajstić information content (AvgIpc) is 3.12. The predicted molar refractivity (Wildman–Crippen MR) is 110 cm³/mol. The molecule has 1 N–H and O–H groups in total. The first-order chi connectivity index (χ1) is 12.8. The maximum atomic E-state index is 4.35. The van der Waals surface area contributed by atoms with Crippen LogP contribution in [0.3, 0.4) is 0 Å². The Morgan fingerprint density at radius 2 is 1.50 bits per heavy atom. The fraction of sp³-hybridized carbons (Fsp3) is 0.0435. The molecule has 0 spiro atoms. The zero-order valence-electron chi connectivity index (χ0n) is 14.6. The third-order valence-electron chi connectivity index (χ3n) is 4.44. The van der Waals surface area contributed by atoms with Gasteiger partial charge in [-0.15, -0.1) is 0 Å². The summed E-state index contributed by atoms with van der Waals surface area (Å²) < 4.78 is 0. The van der Waals surface area contributed by atoms with Crippen molar-refractivity contribution >= 4 is 22.8 Å². The molecule has 1 aromatic heterocycles. The van der Waals surface area contributed by atoms with Crippen molar-refractivity contribution in [2.45, 2.75) is 6.92 Å². The molecule has 3 nitrogen and oxygen atoms in total. The number of H-pyrrole nitrogens is 1. The van der Waals surface area contributed by atoms with E-state index in [9.17, 15) is 0 Å². The first-order valence-electron chi connectivity index (χ1n) is 8.61. The van der Waals surface area contributed by atoms with Crippen LogP contribution in [0.1, 0.15) is 18.1 Å². The van der Waals surface area contributed by atoms with Crippen molar-refractivity contribution in [2.24, 2.45) is 10.2 Å². The van der Waals surface area contributed by atoms with E-state index in [1.165, 1.54) is 11.1 Å². The van der Waals surface area contributed by atoms with Crippen LogP contribution in [0.15, 0.2) is 95.3 Å². The number of nitrogens with one attached hydrogen (secondary N) is 1. The van der Waals surface area contributed by atoms with Gasteiger partial charge in [0, 0.05) is 22.7 Å². The molecule has 1 heterocycles. The van der Waals surface area contributed by atoms with Crippen molar-refractivity contribution in [3.05, 3.63) is 96.2 Å². The summed E-state index contributed by atoms with van der Waals surface area (Å²) >= 11 is 0. The van der Waals surface area contributed by atoms with Crippen LogP contribution in [0.5, 0.6) is 0 Å². The van der Waals surface area contributed by atoms with Crippen molar-refractivity contribution in [1.29, 1.82) is 0 Å². The highest BCUT2D eigenvalue weighted by molar-refractivity contribution is 6.01. The summed E-state index contributed by atoms with van der Waals surface area (Å²) in [6.45, 7) is 1.98. The Kier molecular flexibility index (Phi) is 4.44. The third-order valence-corrected chi connectivity index (χ3v) is 4.44. The lowest BCUT2D eigenvalue weighted by Crippen LogP contribution is -1.93. The van der Waals surface area contributed by atoms with E-state index in [0.29, 0.717) is 0 Å². The summed E-state index contributed by atoms with van der Waals surface area (Å²) in [6.07, 6.45) is 3.74. The van der Waals surface area contributed by atoms with Gasteiger partial charge in [0.05, 0.1) is 11.9 Å². The lowest BCUT2D eigenvalue weighted by Gasteiger charge is -2.03. The number of rotatable bonds is 4. The van der Waals surface area contributed by atoms with Gasteiger partial charge in [0.2, 0.25) is 0 Å². The zero-order valence-corrected chi connectivity index (χ0v) is 14.6. The molecule has 126 valence electrons. The molecule has 0 radical (unpaired) electrons. The van der Waals surface area contributed by atoms with E-state index in [1.807, 2.05) is 31.3 Å². The van der Waals surface area contributed by atoms with Crippen LogP contribution in [-0.2, 0) is 0 Å². The summed E-state index contributed by atoms with van der Waals surface area (Å²) in [5, 5.41) is 9.76. The SMILES string of the molecule is C/C(=N\N=C\c1c[nH]c2ccccc12)c1ccc(-c2ccccc2)cc1. The Morgan fingerprint density at radius 1 is 0.808 bits per heavy atom. The number of hydrogen-bond acceptors (Lipinski definition) is 2. The summed E-state index contributed by atoms with van der Waals surface area (Å²) in [4.78, 5) is 3.24. The van der Waals surface area contributed by atoms with E-state index in [2.05, 4.69) is 75.9 Å². The van der Waals surface area contributed by atoms with E-state index in [1.54, 1.807) is 6.21 Å². The minimum atomic E-state index is 0.890. The van der Waals surface area contributed by atoms with Crippen LogP contribution in [0, 0.1) is 0 Å². The molecular formula is C23H19N3. The standard InChI is InChI=1S/C23H19N3/c1-17(18-11-13-20(14-12-18)19-7-3-2-4-8-19)26-25-16-21-15-24-23-10-6-5-9-22(21)23/h2-16,24H,1H3/b25-16+,26-17+. The Morgan fingerprint density at radius 3 is 2.31 bits per heavy atom. The molecule has 3 heteroatoms. The van der Waals surface area contributed by atoms with Crippen LogP contribution in [-0.4, -0.2) is 16.9 Å². The highest BCUT2D eigenvalue weighted by Crippen LogP contribution is 2.19. The molecular weight excluding hydrogens is 318 g/mol. The lowest BCUT2D eigenvalue weighted by atomic mass is 10.0. The third kappa shape index (κ3) is 3.33. The normalized spacial score (nSPS) is 12.1. The molecule has 0 aliphatic rings. The molecule has 0 fully saturated rings. The summed E-state index contributed by atoms with van der Waals surface area (Å²) in [5.41, 5.74) is 6.51. The first kappa shape index (κ1) is 16.0. The van der Waals surface area contributed by atoms with Crippen molar-refractivity contribution in [1.82, 2.24) is 4.98 Å². The molecule has 0 aliphatic heterocycles. The number of fused-ring (bicyclic) bond motifs is 1. The van der Waals surface area contributed by atoms with E-state index in [0.717, 1.165) is 27.7 Å². The van der Waals surface area contributed by atoms with E-state index in [4.69, 9.17) is 0 Å². The molecule has 0 saturated heterocycles. The maximum absolute atomic E-state index is 4.35. The fourth-order valence-electron chi connectivity index (χ4n) is 2.97. The van der Waals surface area contributed by atoms with Gasteiger partial charge < -0.3 is 4.98 Å². The number of aromatic nitrogens is 1. The van der Waals surface area contributed by atoms with E-state index in [-0.39, 0.29) is 0 Å². The first-order valence-corrected chi connectivity index (χ1v) is 8.61. The van der Waals surface area contributed by atoms with E-state index < -0.39 is 0 Å². The van der Waals surface area contributed by atoms with Gasteiger partial charge in [0.15, 0.2) is 0 Å². The smallest absolute Gasteiger partial charge is 0.0671 e. The molecule has 0 aliphatic carbocycles. The largest absolute Gasteiger partial charge is 0.361 e. The molecule has 0 amide bonds. The summed E-state index contributed by atoms with van der Waals surface area (Å²) in [7, 11) is 0. The highest BCUT2D eigenvalue weighted by Gasteiger charge is 2.01. The van der Waals surface area contributed by atoms with Gasteiger partial charge in [-0.25, -0.2) is 0 Å². The molecule has 3 aromatic carbocycles. The Labute approximate surface area is 152 Å². The topological polar surface area (TPSA) is 40.5 Å². The lowest BCUT2D eigenvalue weighted by molar-refractivity contribution is 1.24. The quantitative estimate of drug-likeness (QED) is 0.368. The second-order valence-electron chi connectivity index (χ2n) is 6.16. The monoisotopic (exact) mass is 337 g/mol. The number of hydrogen-bond donors (Lipinski definition) is 1. The second kappa shape index (κ2) is 7.19. The van der Waals surface area contributed by atoms with Gasteiger partial charge in [-0.3, -0.25) is 0 Å². The van der Waals surface area contributed by atoms with Crippen LogP contribution >= 0.6 is 0 Å². The Hall–Kier alpha value is -3.46. The van der Waals surface area contributed by atoms with Gasteiger partial charge >= 0.3 is 0 Å². The van der Waals surface area contributed by atoms with Crippen molar-refractivity contribution < 1.29 is 0 Å². The molecule has 0 bridgehead atoms. The van der Waals surface area contributed by atoms with Gasteiger partial charge in [0.25, 0.3) is 0 Å². The minimum Gasteiger partial charge on any atom is -0.361 e. The van der Waals surface area contributed by atoms with Gasteiger partial charge in [-0.05, 0) is 29.7 Å². The second-order valence-corrected chi connectivity index (χ2v) is 6.16. The maximum Gasteiger partial charge on any atom is 0.0671 e. The molecule has 26 heavy (non-hydrogen) atoms. The van der Waals surface area contributed by atoms with Crippen molar-refractivity contribution in [3.8, 4) is 11.1 Å². The fourth-order valence-corrected chi connectivity index (χ4v) is 2.97. The minimum absolute atomic E-state index is 0.890. The number of aromatic amines is 1. The average molecular weight is 337 g/mol. The molecule has 0 unspecified atom stereocenters.